The summed E-state index contributed by atoms with van der Waals surface area (Å²) in [4.78, 5) is 11.3. The number of halogens is 2. The van der Waals surface area contributed by atoms with Gasteiger partial charge in [0, 0.05) is 16.6 Å². The zero-order valence-corrected chi connectivity index (χ0v) is 10.2. The fraction of sp³-hybridized carbons (Fsp3) is 0.364. The van der Waals surface area contributed by atoms with Gasteiger partial charge in [-0.1, -0.05) is 17.7 Å². The van der Waals surface area contributed by atoms with Gasteiger partial charge in [-0.15, -0.1) is 11.6 Å². The van der Waals surface area contributed by atoms with Gasteiger partial charge in [-0.2, -0.15) is 0 Å². The SMILES string of the molecule is O=C(Nc1cccc(Cl)c1)OCCCCCl. The van der Waals surface area contributed by atoms with Crippen molar-refractivity contribution < 1.29 is 9.53 Å². The molecule has 0 aliphatic rings. The van der Waals surface area contributed by atoms with Crippen LogP contribution in [0.15, 0.2) is 24.3 Å². The minimum atomic E-state index is -0.475. The summed E-state index contributed by atoms with van der Waals surface area (Å²) >= 11 is 11.3. The quantitative estimate of drug-likeness (QED) is 0.645. The summed E-state index contributed by atoms with van der Waals surface area (Å²) in [6, 6.07) is 6.89. The number of alkyl halides is 1. The van der Waals surface area contributed by atoms with Crippen molar-refractivity contribution in [2.75, 3.05) is 17.8 Å². The molecule has 5 heteroatoms. The van der Waals surface area contributed by atoms with Crippen LogP contribution in [0.1, 0.15) is 12.8 Å². The zero-order valence-electron chi connectivity index (χ0n) is 8.71. The summed E-state index contributed by atoms with van der Waals surface area (Å²) in [5, 5.41) is 3.15. The molecule has 0 aliphatic heterocycles. The van der Waals surface area contributed by atoms with E-state index in [2.05, 4.69) is 5.32 Å². The van der Waals surface area contributed by atoms with Gasteiger partial charge < -0.3 is 4.74 Å². The number of unbranched alkanes of at least 4 members (excludes halogenated alkanes) is 1. The van der Waals surface area contributed by atoms with Crippen molar-refractivity contribution in [1.29, 1.82) is 0 Å². The highest BCUT2D eigenvalue weighted by Crippen LogP contribution is 2.14. The van der Waals surface area contributed by atoms with E-state index in [9.17, 15) is 4.79 Å². The van der Waals surface area contributed by atoms with Gasteiger partial charge in [-0.25, -0.2) is 4.79 Å². The first-order chi connectivity index (χ1) is 7.72. The number of hydrogen-bond acceptors (Lipinski definition) is 2. The van der Waals surface area contributed by atoms with Gasteiger partial charge >= 0.3 is 6.09 Å². The number of carbonyl (C=O) groups excluding carboxylic acids is 1. The smallest absolute Gasteiger partial charge is 0.411 e. The van der Waals surface area contributed by atoms with Gasteiger partial charge in [0.2, 0.25) is 0 Å². The number of ether oxygens (including phenoxy) is 1. The van der Waals surface area contributed by atoms with E-state index in [1.54, 1.807) is 24.3 Å². The average Bonchev–Trinajstić information content (AvgIpc) is 2.24. The normalized spacial score (nSPS) is 9.88. The lowest BCUT2D eigenvalue weighted by atomic mass is 10.3. The molecule has 0 saturated carbocycles. The van der Waals surface area contributed by atoms with Crippen LogP contribution < -0.4 is 5.32 Å². The van der Waals surface area contributed by atoms with Crippen LogP contribution in [0.3, 0.4) is 0 Å². The summed E-state index contributed by atoms with van der Waals surface area (Å²) in [5.41, 5.74) is 0.620. The molecule has 0 spiro atoms. The van der Waals surface area contributed by atoms with E-state index in [0.29, 0.717) is 23.2 Å². The number of anilines is 1. The predicted molar refractivity (Wildman–Crippen MR) is 66.4 cm³/mol. The van der Waals surface area contributed by atoms with E-state index >= 15 is 0 Å². The molecule has 88 valence electrons. The van der Waals surface area contributed by atoms with E-state index in [0.717, 1.165) is 12.8 Å². The summed E-state index contributed by atoms with van der Waals surface area (Å²) in [5.74, 6) is 0.583. The second kappa shape index (κ2) is 7.36. The van der Waals surface area contributed by atoms with Crippen LogP contribution in [0, 0.1) is 0 Å². The second-order valence-electron chi connectivity index (χ2n) is 3.17. The third-order valence-electron chi connectivity index (χ3n) is 1.83. The Morgan fingerprint density at radius 1 is 1.38 bits per heavy atom. The lowest BCUT2D eigenvalue weighted by Gasteiger charge is -2.06. The Labute approximate surface area is 105 Å². The highest BCUT2D eigenvalue weighted by Gasteiger charge is 2.02. The third-order valence-corrected chi connectivity index (χ3v) is 2.33. The van der Waals surface area contributed by atoms with Gasteiger partial charge in [0.25, 0.3) is 0 Å². The summed E-state index contributed by atoms with van der Waals surface area (Å²) in [6.45, 7) is 0.374. The largest absolute Gasteiger partial charge is 0.449 e. The van der Waals surface area contributed by atoms with E-state index in [1.165, 1.54) is 0 Å². The van der Waals surface area contributed by atoms with Crippen molar-refractivity contribution >= 4 is 35.0 Å². The van der Waals surface area contributed by atoms with E-state index < -0.39 is 6.09 Å². The fourth-order valence-corrected chi connectivity index (χ4v) is 1.46. The molecule has 1 aromatic rings. The Balaban J connectivity index is 2.29. The molecular weight excluding hydrogens is 249 g/mol. The molecule has 0 heterocycles. The maximum atomic E-state index is 11.3. The van der Waals surface area contributed by atoms with Gasteiger partial charge in [0.15, 0.2) is 0 Å². The number of nitrogens with one attached hydrogen (secondary N) is 1. The molecule has 1 rings (SSSR count). The lowest BCUT2D eigenvalue weighted by molar-refractivity contribution is 0.160. The lowest BCUT2D eigenvalue weighted by Crippen LogP contribution is -2.14. The fourth-order valence-electron chi connectivity index (χ4n) is 1.08. The van der Waals surface area contributed by atoms with Gasteiger partial charge in [0.1, 0.15) is 0 Å². The minimum absolute atomic E-state index is 0.374. The average molecular weight is 262 g/mol. The summed E-state index contributed by atoms with van der Waals surface area (Å²) in [7, 11) is 0. The number of amides is 1. The van der Waals surface area contributed by atoms with Crippen LogP contribution in [0.5, 0.6) is 0 Å². The van der Waals surface area contributed by atoms with Crippen LogP contribution in [-0.4, -0.2) is 18.6 Å². The molecule has 1 amide bonds. The monoisotopic (exact) mass is 261 g/mol. The number of carbonyl (C=O) groups is 1. The molecule has 0 aliphatic carbocycles. The first-order valence-corrected chi connectivity index (χ1v) is 5.89. The minimum Gasteiger partial charge on any atom is -0.449 e. The van der Waals surface area contributed by atoms with E-state index in [-0.39, 0.29) is 0 Å². The molecule has 0 unspecified atom stereocenters. The first-order valence-electron chi connectivity index (χ1n) is 4.97. The second-order valence-corrected chi connectivity index (χ2v) is 3.98. The highest BCUT2D eigenvalue weighted by atomic mass is 35.5. The summed E-state index contributed by atoms with van der Waals surface area (Å²) < 4.78 is 4.94. The predicted octanol–water partition coefficient (Wildman–Crippen LogP) is 3.91. The molecule has 0 saturated heterocycles. The highest BCUT2D eigenvalue weighted by molar-refractivity contribution is 6.30. The molecule has 0 fully saturated rings. The maximum Gasteiger partial charge on any atom is 0.411 e. The molecule has 0 atom stereocenters. The Morgan fingerprint density at radius 3 is 2.88 bits per heavy atom. The molecule has 0 aromatic heterocycles. The van der Waals surface area contributed by atoms with Gasteiger partial charge in [-0.3, -0.25) is 5.32 Å². The van der Waals surface area contributed by atoms with Crippen molar-refractivity contribution in [1.82, 2.24) is 0 Å². The Kier molecular flexibility index (Phi) is 6.04. The third kappa shape index (κ3) is 5.24. The number of benzene rings is 1. The number of rotatable bonds is 5. The van der Waals surface area contributed by atoms with Crippen LogP contribution in [0.25, 0.3) is 0 Å². The van der Waals surface area contributed by atoms with Crippen molar-refractivity contribution in [3.63, 3.8) is 0 Å². The van der Waals surface area contributed by atoms with Crippen molar-refractivity contribution in [3.05, 3.63) is 29.3 Å². The topological polar surface area (TPSA) is 38.3 Å². The molecule has 1 N–H and O–H groups in total. The van der Waals surface area contributed by atoms with Crippen molar-refractivity contribution in [2.24, 2.45) is 0 Å². The number of hydrogen-bond donors (Lipinski definition) is 1. The maximum absolute atomic E-state index is 11.3. The van der Waals surface area contributed by atoms with Crippen molar-refractivity contribution in [2.45, 2.75) is 12.8 Å². The van der Waals surface area contributed by atoms with E-state index in [1.807, 2.05) is 0 Å². The first kappa shape index (κ1) is 13.1. The molecule has 0 bridgehead atoms. The zero-order chi connectivity index (χ0) is 11.8. The Bertz CT molecular complexity index is 345. The van der Waals surface area contributed by atoms with Gasteiger partial charge in [-0.05, 0) is 31.0 Å². The molecule has 3 nitrogen and oxygen atoms in total. The van der Waals surface area contributed by atoms with Crippen LogP contribution in [-0.2, 0) is 4.74 Å². The molecular formula is C11H13Cl2NO2. The summed E-state index contributed by atoms with van der Waals surface area (Å²) in [6.07, 6.45) is 1.13. The van der Waals surface area contributed by atoms with Crippen LogP contribution in [0.4, 0.5) is 10.5 Å². The van der Waals surface area contributed by atoms with Crippen molar-refractivity contribution in [3.8, 4) is 0 Å². The Morgan fingerprint density at radius 2 is 2.19 bits per heavy atom. The van der Waals surface area contributed by atoms with Crippen LogP contribution >= 0.6 is 23.2 Å². The standard InChI is InChI=1S/C11H13Cl2NO2/c12-6-1-2-7-16-11(15)14-10-5-3-4-9(13)8-10/h3-5,8H,1-2,6-7H2,(H,14,15). The van der Waals surface area contributed by atoms with E-state index in [4.69, 9.17) is 27.9 Å². The van der Waals surface area contributed by atoms with Crippen LogP contribution in [0.2, 0.25) is 5.02 Å². The molecule has 0 radical (unpaired) electrons. The Hall–Kier alpha value is -0.930. The molecule has 16 heavy (non-hydrogen) atoms. The van der Waals surface area contributed by atoms with Gasteiger partial charge in [0.05, 0.1) is 6.61 Å². The molecule has 1 aromatic carbocycles.